The molecule has 1 heterocycles. The van der Waals surface area contributed by atoms with Crippen molar-refractivity contribution in [2.24, 2.45) is 5.41 Å². The Labute approximate surface area is 72.0 Å². The fraction of sp³-hybridized carbons (Fsp3) is 0.667. The van der Waals surface area contributed by atoms with Gasteiger partial charge in [-0.3, -0.25) is 4.79 Å². The fourth-order valence-corrected chi connectivity index (χ4v) is 1.58. The van der Waals surface area contributed by atoms with Gasteiger partial charge in [0.05, 0.1) is 0 Å². The fourth-order valence-electron chi connectivity index (χ4n) is 1.58. The van der Waals surface area contributed by atoms with Gasteiger partial charge < -0.3 is 4.90 Å². The Hall–Kier alpha value is -1.08. The SMILES string of the molecule is CCC1(C)CN(C)C(=O)C1=C=O. The molecule has 1 unspecified atom stereocenters. The van der Waals surface area contributed by atoms with Gasteiger partial charge in [-0.05, 0) is 6.42 Å². The van der Waals surface area contributed by atoms with Crippen molar-refractivity contribution in [3.63, 3.8) is 0 Å². The lowest BCUT2D eigenvalue weighted by atomic mass is 9.83. The van der Waals surface area contributed by atoms with Gasteiger partial charge in [0, 0.05) is 19.0 Å². The van der Waals surface area contributed by atoms with Gasteiger partial charge in [-0.25, -0.2) is 4.79 Å². The molecule has 66 valence electrons. The van der Waals surface area contributed by atoms with E-state index in [1.54, 1.807) is 17.9 Å². The molecule has 1 rings (SSSR count). The zero-order chi connectivity index (χ0) is 9.35. The molecule has 0 aliphatic carbocycles. The highest BCUT2D eigenvalue weighted by molar-refractivity contribution is 6.04. The van der Waals surface area contributed by atoms with Crippen molar-refractivity contribution in [2.45, 2.75) is 20.3 Å². The molecule has 1 atom stereocenters. The topological polar surface area (TPSA) is 37.4 Å². The molecule has 1 aliphatic rings. The van der Waals surface area contributed by atoms with Crippen LogP contribution in [0, 0.1) is 5.41 Å². The van der Waals surface area contributed by atoms with E-state index in [9.17, 15) is 9.59 Å². The molecule has 3 heteroatoms. The summed E-state index contributed by atoms with van der Waals surface area (Å²) < 4.78 is 0. The highest BCUT2D eigenvalue weighted by Gasteiger charge is 2.42. The van der Waals surface area contributed by atoms with Gasteiger partial charge in [0.1, 0.15) is 11.5 Å². The molecule has 0 aromatic carbocycles. The smallest absolute Gasteiger partial charge is 0.261 e. The van der Waals surface area contributed by atoms with Gasteiger partial charge in [-0.15, -0.1) is 0 Å². The molecule has 0 bridgehead atoms. The van der Waals surface area contributed by atoms with Crippen LogP contribution in [-0.4, -0.2) is 30.3 Å². The Morgan fingerprint density at radius 1 is 1.67 bits per heavy atom. The van der Waals surface area contributed by atoms with Crippen molar-refractivity contribution < 1.29 is 9.59 Å². The first-order valence-corrected chi connectivity index (χ1v) is 4.06. The quantitative estimate of drug-likeness (QED) is 0.424. The van der Waals surface area contributed by atoms with Crippen molar-refractivity contribution in [3.8, 4) is 0 Å². The summed E-state index contributed by atoms with van der Waals surface area (Å²) in [6.45, 7) is 4.53. The summed E-state index contributed by atoms with van der Waals surface area (Å²) in [5, 5.41) is 0. The first kappa shape index (κ1) is 9.01. The minimum Gasteiger partial charge on any atom is -0.340 e. The van der Waals surface area contributed by atoms with Crippen LogP contribution < -0.4 is 0 Å². The molecule has 0 aromatic rings. The van der Waals surface area contributed by atoms with Crippen LogP contribution >= 0.6 is 0 Å². The third-order valence-electron chi connectivity index (χ3n) is 2.63. The van der Waals surface area contributed by atoms with E-state index in [1.165, 1.54) is 0 Å². The summed E-state index contributed by atoms with van der Waals surface area (Å²) in [6, 6.07) is 0. The van der Waals surface area contributed by atoms with Crippen molar-refractivity contribution in [1.29, 1.82) is 0 Å². The molecule has 0 N–H and O–H groups in total. The summed E-state index contributed by atoms with van der Waals surface area (Å²) in [7, 11) is 1.71. The maximum Gasteiger partial charge on any atom is 0.261 e. The normalized spacial score (nSPS) is 29.4. The minimum absolute atomic E-state index is 0.172. The summed E-state index contributed by atoms with van der Waals surface area (Å²) in [5.41, 5.74) is 0.0145. The number of carbonyl (C=O) groups is 1. The van der Waals surface area contributed by atoms with E-state index in [1.807, 2.05) is 13.8 Å². The third-order valence-corrected chi connectivity index (χ3v) is 2.63. The Bertz CT molecular complexity index is 266. The molecule has 1 aliphatic heterocycles. The second-order valence-corrected chi connectivity index (χ2v) is 3.55. The summed E-state index contributed by atoms with van der Waals surface area (Å²) in [4.78, 5) is 23.4. The van der Waals surface area contributed by atoms with Crippen molar-refractivity contribution >= 4 is 11.8 Å². The monoisotopic (exact) mass is 167 g/mol. The maximum atomic E-state index is 11.3. The Morgan fingerprint density at radius 2 is 2.25 bits per heavy atom. The van der Waals surface area contributed by atoms with E-state index in [-0.39, 0.29) is 11.3 Å². The molecule has 1 saturated heterocycles. The number of likely N-dealkylation sites (N-methyl/N-ethyl adjacent to an activating group) is 1. The average Bonchev–Trinajstić information content (AvgIpc) is 2.25. The second kappa shape index (κ2) is 2.76. The van der Waals surface area contributed by atoms with Gasteiger partial charge in [0.2, 0.25) is 0 Å². The number of amides is 1. The highest BCUT2D eigenvalue weighted by atomic mass is 16.2. The third kappa shape index (κ3) is 1.07. The summed E-state index contributed by atoms with van der Waals surface area (Å²) in [5.74, 6) is 1.59. The molecular weight excluding hydrogens is 154 g/mol. The van der Waals surface area contributed by atoms with Crippen LogP contribution in [0.2, 0.25) is 0 Å². The van der Waals surface area contributed by atoms with Crippen LogP contribution in [0.5, 0.6) is 0 Å². The number of hydrogen-bond donors (Lipinski definition) is 0. The van der Waals surface area contributed by atoms with Crippen LogP contribution in [0.1, 0.15) is 20.3 Å². The van der Waals surface area contributed by atoms with E-state index >= 15 is 0 Å². The van der Waals surface area contributed by atoms with Gasteiger partial charge >= 0.3 is 0 Å². The standard InChI is InChI=1S/C9H13NO2/c1-4-9(2)6-10(3)8(12)7(9)5-11/h4,6H2,1-3H3. The number of rotatable bonds is 1. The number of carbonyl (C=O) groups excluding carboxylic acids is 2. The number of hydrogen-bond acceptors (Lipinski definition) is 2. The van der Waals surface area contributed by atoms with Crippen LogP contribution in [0.25, 0.3) is 0 Å². The molecule has 3 nitrogen and oxygen atoms in total. The highest BCUT2D eigenvalue weighted by Crippen LogP contribution is 2.36. The van der Waals surface area contributed by atoms with E-state index < -0.39 is 0 Å². The van der Waals surface area contributed by atoms with Crippen LogP contribution in [-0.2, 0) is 9.59 Å². The number of nitrogens with zero attached hydrogens (tertiary/aromatic N) is 1. The lowest BCUT2D eigenvalue weighted by Gasteiger charge is -2.19. The van der Waals surface area contributed by atoms with E-state index in [2.05, 4.69) is 0 Å². The Balaban J connectivity index is 3.10. The molecule has 1 fully saturated rings. The first-order valence-electron chi connectivity index (χ1n) is 4.06. The molecular formula is C9H13NO2. The molecule has 1 amide bonds. The van der Waals surface area contributed by atoms with Crippen LogP contribution in [0.15, 0.2) is 5.57 Å². The predicted octanol–water partition coefficient (Wildman–Crippen LogP) is 0.633. The van der Waals surface area contributed by atoms with Crippen molar-refractivity contribution in [3.05, 3.63) is 5.57 Å². The van der Waals surface area contributed by atoms with E-state index in [0.29, 0.717) is 12.1 Å². The lowest BCUT2D eigenvalue weighted by molar-refractivity contribution is -0.123. The molecule has 0 aromatic heterocycles. The lowest BCUT2D eigenvalue weighted by Crippen LogP contribution is -2.22. The van der Waals surface area contributed by atoms with Gasteiger partial charge in [-0.2, -0.15) is 0 Å². The van der Waals surface area contributed by atoms with Crippen molar-refractivity contribution in [1.82, 2.24) is 4.90 Å². The Morgan fingerprint density at radius 3 is 2.58 bits per heavy atom. The summed E-state index contributed by atoms with van der Waals surface area (Å²) >= 11 is 0. The Kier molecular flexibility index (Phi) is 2.07. The predicted molar refractivity (Wildman–Crippen MR) is 45.2 cm³/mol. The maximum absolute atomic E-state index is 11.3. The molecule has 0 saturated carbocycles. The number of likely N-dealkylation sites (tertiary alicyclic amines) is 1. The second-order valence-electron chi connectivity index (χ2n) is 3.55. The van der Waals surface area contributed by atoms with Gasteiger partial charge in [-0.1, -0.05) is 13.8 Å². The van der Waals surface area contributed by atoms with Gasteiger partial charge in [0.15, 0.2) is 0 Å². The minimum atomic E-state index is -0.284. The van der Waals surface area contributed by atoms with Crippen molar-refractivity contribution in [2.75, 3.05) is 13.6 Å². The average molecular weight is 167 g/mol. The zero-order valence-corrected chi connectivity index (χ0v) is 7.68. The van der Waals surface area contributed by atoms with E-state index in [0.717, 1.165) is 6.42 Å². The largest absolute Gasteiger partial charge is 0.340 e. The van der Waals surface area contributed by atoms with E-state index in [4.69, 9.17) is 0 Å². The summed E-state index contributed by atoms with van der Waals surface area (Å²) in [6.07, 6.45) is 0.799. The molecule has 0 radical (unpaired) electrons. The van der Waals surface area contributed by atoms with Crippen LogP contribution in [0.3, 0.4) is 0 Å². The zero-order valence-electron chi connectivity index (χ0n) is 7.68. The molecule has 12 heavy (non-hydrogen) atoms. The van der Waals surface area contributed by atoms with Crippen LogP contribution in [0.4, 0.5) is 0 Å². The van der Waals surface area contributed by atoms with Gasteiger partial charge in [0.25, 0.3) is 5.91 Å². The molecule has 0 spiro atoms. The first-order chi connectivity index (χ1) is 5.55.